The van der Waals surface area contributed by atoms with Crippen LogP contribution in [0, 0.1) is 0 Å². The van der Waals surface area contributed by atoms with Gasteiger partial charge in [0.05, 0.1) is 11.0 Å². The summed E-state index contributed by atoms with van der Waals surface area (Å²) in [5.41, 5.74) is 4.39. The van der Waals surface area contributed by atoms with Gasteiger partial charge in [0.15, 0.2) is 0 Å². The zero-order valence-corrected chi connectivity index (χ0v) is 25.2. The zero-order chi connectivity index (χ0) is 30.3. The molecule has 1 aliphatic carbocycles. The molecule has 2 N–H and O–H groups in total. The van der Waals surface area contributed by atoms with Crippen LogP contribution in [0.4, 0.5) is 5.82 Å². The molecule has 1 fully saturated rings. The first-order chi connectivity index (χ1) is 21.4. The van der Waals surface area contributed by atoms with Gasteiger partial charge in [-0.25, -0.2) is 4.98 Å². The number of carbonyl (C=O) groups is 3. The lowest BCUT2D eigenvalue weighted by Gasteiger charge is -2.43. The number of rotatable bonds is 1. The van der Waals surface area contributed by atoms with Crippen LogP contribution in [0.1, 0.15) is 96.1 Å². The van der Waals surface area contributed by atoms with Gasteiger partial charge in [-0.3, -0.25) is 19.4 Å². The number of fused-ring (bicyclic) bond motifs is 4. The van der Waals surface area contributed by atoms with E-state index in [-0.39, 0.29) is 29.7 Å². The van der Waals surface area contributed by atoms with E-state index in [4.69, 9.17) is 0 Å². The molecule has 7 rings (SSSR count). The predicted octanol–water partition coefficient (Wildman–Crippen LogP) is 5.34. The highest BCUT2D eigenvalue weighted by Gasteiger charge is 2.52. The first-order valence-electron chi connectivity index (χ1n) is 16.1. The van der Waals surface area contributed by atoms with Crippen molar-refractivity contribution in [3.8, 4) is 0 Å². The fourth-order valence-corrected chi connectivity index (χ4v) is 7.64. The summed E-state index contributed by atoms with van der Waals surface area (Å²) in [5.74, 6) is 0.326. The summed E-state index contributed by atoms with van der Waals surface area (Å²) < 4.78 is 0. The highest BCUT2D eigenvalue weighted by atomic mass is 16.2. The SMILES string of the molecule is CC1C(c2ccccc2)CC2NC(=O)c3cnc4c(c3)C[C@@]3(C4)C(=O)Nc4ncc(cc43)/C=C/CCCCCCCN1C2=O. The topological polar surface area (TPSA) is 104 Å². The molecule has 5 heterocycles. The van der Waals surface area contributed by atoms with E-state index in [1.165, 1.54) is 5.56 Å². The summed E-state index contributed by atoms with van der Waals surface area (Å²) in [4.78, 5) is 52.2. The number of carbonyl (C=O) groups excluding carboxylic acids is 3. The molecule has 8 nitrogen and oxygen atoms in total. The summed E-state index contributed by atoms with van der Waals surface area (Å²) in [7, 11) is 0. The molecule has 0 radical (unpaired) electrons. The summed E-state index contributed by atoms with van der Waals surface area (Å²) in [6, 6.07) is 13.7. The predicted molar refractivity (Wildman–Crippen MR) is 169 cm³/mol. The Balaban J connectivity index is 1.21. The average Bonchev–Trinajstić information content (AvgIpc) is 3.55. The lowest BCUT2D eigenvalue weighted by molar-refractivity contribution is -0.139. The molecule has 4 atom stereocenters. The molecule has 3 aromatic rings. The summed E-state index contributed by atoms with van der Waals surface area (Å²) in [6.07, 6.45) is 15.5. The molecule has 8 heteroatoms. The van der Waals surface area contributed by atoms with E-state index >= 15 is 0 Å². The van der Waals surface area contributed by atoms with Crippen molar-refractivity contribution in [2.45, 2.75) is 88.1 Å². The number of allylic oxidation sites excluding steroid dienone is 1. The number of benzene rings is 1. The molecule has 3 aliphatic heterocycles. The van der Waals surface area contributed by atoms with E-state index in [2.05, 4.69) is 57.9 Å². The van der Waals surface area contributed by atoms with Gasteiger partial charge in [-0.05, 0) is 67.9 Å². The molecule has 3 unspecified atom stereocenters. The van der Waals surface area contributed by atoms with E-state index < -0.39 is 11.5 Å². The largest absolute Gasteiger partial charge is 0.340 e. The van der Waals surface area contributed by atoms with Crippen LogP contribution < -0.4 is 10.6 Å². The van der Waals surface area contributed by atoms with Crippen LogP contribution in [0.15, 0.2) is 60.9 Å². The number of pyridine rings is 2. The van der Waals surface area contributed by atoms with Gasteiger partial charge in [-0.15, -0.1) is 0 Å². The monoisotopic (exact) mass is 589 g/mol. The van der Waals surface area contributed by atoms with Crippen molar-refractivity contribution >= 4 is 29.6 Å². The summed E-state index contributed by atoms with van der Waals surface area (Å²) in [5, 5.41) is 6.07. The van der Waals surface area contributed by atoms with Crippen molar-refractivity contribution in [2.75, 3.05) is 11.9 Å². The van der Waals surface area contributed by atoms with E-state index in [0.29, 0.717) is 37.2 Å². The van der Waals surface area contributed by atoms with Gasteiger partial charge in [0.2, 0.25) is 11.8 Å². The average molecular weight is 590 g/mol. The third-order valence-corrected chi connectivity index (χ3v) is 10.1. The zero-order valence-electron chi connectivity index (χ0n) is 25.2. The van der Waals surface area contributed by atoms with Gasteiger partial charge in [0, 0.05) is 48.6 Å². The molecule has 1 saturated heterocycles. The first kappa shape index (κ1) is 28.4. The van der Waals surface area contributed by atoms with Crippen LogP contribution in [-0.2, 0) is 27.8 Å². The third kappa shape index (κ3) is 5.10. The molecule has 4 aliphatic rings. The summed E-state index contributed by atoms with van der Waals surface area (Å²) >= 11 is 0. The first-order valence-corrected chi connectivity index (χ1v) is 16.1. The Morgan fingerprint density at radius 2 is 1.75 bits per heavy atom. The Labute approximate surface area is 258 Å². The second kappa shape index (κ2) is 11.6. The van der Waals surface area contributed by atoms with Crippen LogP contribution in [0.5, 0.6) is 0 Å². The van der Waals surface area contributed by atoms with Crippen LogP contribution in [0.2, 0.25) is 0 Å². The van der Waals surface area contributed by atoms with Gasteiger partial charge in [-0.2, -0.15) is 0 Å². The Hall–Kier alpha value is -4.33. The second-order valence-electron chi connectivity index (χ2n) is 12.9. The van der Waals surface area contributed by atoms with E-state index in [9.17, 15) is 14.4 Å². The molecule has 1 spiro atoms. The normalized spacial score (nSPS) is 27.7. The minimum absolute atomic E-state index is 0.0130. The lowest BCUT2D eigenvalue weighted by Crippen LogP contribution is -2.58. The van der Waals surface area contributed by atoms with E-state index in [0.717, 1.165) is 60.9 Å². The standard InChI is InChI=1S/C36H39N5O3/c1-23-28(25-13-9-7-10-14-25)18-30-34(43)41(23)15-11-6-4-2-3-5-8-12-24-16-29-32(38-21-24)40-35(44)36(29)19-26-17-27(33(42)39-30)22-37-31(26)20-36/h7-10,12-14,16-17,21-23,28,30H,2-6,11,15,18-20H2,1H3,(H,39,42)(H,38,40,44)/b12-8+/t23?,28?,30?,36-/m0/s1. The molecule has 226 valence electrons. The number of hydrogen-bond acceptors (Lipinski definition) is 5. The van der Waals surface area contributed by atoms with Gasteiger partial charge in [0.1, 0.15) is 11.9 Å². The van der Waals surface area contributed by atoms with Crippen LogP contribution in [0.3, 0.4) is 0 Å². The van der Waals surface area contributed by atoms with Crippen molar-refractivity contribution in [1.82, 2.24) is 20.2 Å². The number of aromatic nitrogens is 2. The van der Waals surface area contributed by atoms with Gasteiger partial charge >= 0.3 is 0 Å². The lowest BCUT2D eigenvalue weighted by atomic mass is 9.79. The molecule has 7 bridgehead atoms. The number of nitrogens with one attached hydrogen (secondary N) is 2. The number of piperidine rings is 1. The molecular weight excluding hydrogens is 550 g/mol. The van der Waals surface area contributed by atoms with Crippen molar-refractivity contribution in [3.63, 3.8) is 0 Å². The van der Waals surface area contributed by atoms with Crippen LogP contribution in [-0.4, -0.2) is 51.2 Å². The van der Waals surface area contributed by atoms with Crippen molar-refractivity contribution in [1.29, 1.82) is 0 Å². The smallest absolute Gasteiger partial charge is 0.253 e. The fraction of sp³-hybridized carbons (Fsp3) is 0.417. The summed E-state index contributed by atoms with van der Waals surface area (Å²) in [6.45, 7) is 2.82. The molecule has 2 aromatic heterocycles. The van der Waals surface area contributed by atoms with Crippen LogP contribution in [0.25, 0.3) is 6.08 Å². The molecule has 44 heavy (non-hydrogen) atoms. The van der Waals surface area contributed by atoms with Crippen molar-refractivity contribution in [3.05, 3.63) is 94.4 Å². The quantitative estimate of drug-likeness (QED) is 0.399. The van der Waals surface area contributed by atoms with E-state index in [1.54, 1.807) is 6.20 Å². The number of nitrogens with zero attached hydrogens (tertiary/aromatic N) is 3. The number of anilines is 1. The van der Waals surface area contributed by atoms with Crippen molar-refractivity contribution < 1.29 is 14.4 Å². The van der Waals surface area contributed by atoms with Crippen LogP contribution >= 0.6 is 0 Å². The Bertz CT molecular complexity index is 1640. The maximum Gasteiger partial charge on any atom is 0.253 e. The molecular formula is C36H39N5O3. The van der Waals surface area contributed by atoms with Crippen molar-refractivity contribution in [2.24, 2.45) is 0 Å². The Kier molecular flexibility index (Phi) is 7.52. The van der Waals surface area contributed by atoms with Gasteiger partial charge < -0.3 is 15.5 Å². The number of hydrogen-bond donors (Lipinski definition) is 2. The van der Waals surface area contributed by atoms with Gasteiger partial charge in [-0.1, -0.05) is 61.7 Å². The van der Waals surface area contributed by atoms with E-state index in [1.807, 2.05) is 35.4 Å². The maximum absolute atomic E-state index is 13.8. The molecule has 0 saturated carbocycles. The minimum atomic E-state index is -0.785. The Morgan fingerprint density at radius 3 is 2.61 bits per heavy atom. The number of amides is 3. The minimum Gasteiger partial charge on any atom is -0.340 e. The molecule has 3 amide bonds. The third-order valence-electron chi connectivity index (χ3n) is 10.1. The Morgan fingerprint density at radius 1 is 0.932 bits per heavy atom. The fourth-order valence-electron chi connectivity index (χ4n) is 7.64. The highest BCUT2D eigenvalue weighted by molar-refractivity contribution is 6.06. The molecule has 1 aromatic carbocycles. The van der Waals surface area contributed by atoms with Gasteiger partial charge in [0.25, 0.3) is 5.91 Å². The second-order valence-corrected chi connectivity index (χ2v) is 12.9. The highest BCUT2D eigenvalue weighted by Crippen LogP contribution is 2.46. The maximum atomic E-state index is 13.8.